The Kier molecular flexibility index (Phi) is 17.6. The average molecular weight is 379 g/mol. The molecule has 0 aliphatic carbocycles. The number of carboxylic acids is 1. The molecule has 1 atom stereocenters. The van der Waals surface area contributed by atoms with Crippen LogP contribution in [0.4, 0.5) is 0 Å². The van der Waals surface area contributed by atoms with E-state index in [1.165, 1.54) is 32.6 Å². The molecule has 1 unspecified atom stereocenters. The van der Waals surface area contributed by atoms with E-state index in [2.05, 4.69) is 43.4 Å². The first-order valence-electron chi connectivity index (χ1n) is 10.4. The fraction of sp³-hybridized carbons (Fsp3) is 0.652. The van der Waals surface area contributed by atoms with Crippen LogP contribution in [-0.4, -0.2) is 23.1 Å². The molecule has 4 nitrogen and oxygen atoms in total. The molecular formula is C23H38O4. The molecule has 0 saturated carbocycles. The van der Waals surface area contributed by atoms with Crippen LogP contribution >= 0.6 is 0 Å². The topological polar surface area (TPSA) is 63.6 Å². The van der Waals surface area contributed by atoms with Gasteiger partial charge >= 0.3 is 11.9 Å². The summed E-state index contributed by atoms with van der Waals surface area (Å²) < 4.78 is 4.79. The van der Waals surface area contributed by atoms with Crippen molar-refractivity contribution in [2.75, 3.05) is 0 Å². The number of carbonyl (C=O) groups excluding carboxylic acids is 1. The Morgan fingerprint density at radius 1 is 0.815 bits per heavy atom. The summed E-state index contributed by atoms with van der Waals surface area (Å²) in [4.78, 5) is 22.0. The number of hydrogen-bond acceptors (Lipinski definition) is 3. The highest BCUT2D eigenvalue weighted by Crippen LogP contribution is 2.11. The van der Waals surface area contributed by atoms with Crippen molar-refractivity contribution in [3.8, 4) is 0 Å². The first-order valence-corrected chi connectivity index (χ1v) is 10.4. The van der Waals surface area contributed by atoms with Crippen molar-refractivity contribution in [1.82, 2.24) is 0 Å². The van der Waals surface area contributed by atoms with E-state index in [-0.39, 0.29) is 0 Å². The minimum absolute atomic E-state index is 0.311. The molecule has 0 rings (SSSR count). The van der Waals surface area contributed by atoms with E-state index in [4.69, 9.17) is 9.84 Å². The summed E-state index contributed by atoms with van der Waals surface area (Å²) in [7, 11) is 0. The lowest BCUT2D eigenvalue weighted by molar-refractivity contribution is -0.162. The molecule has 0 aromatic rings. The smallest absolute Gasteiger partial charge is 0.344 e. The van der Waals surface area contributed by atoms with Crippen molar-refractivity contribution < 1.29 is 19.4 Å². The van der Waals surface area contributed by atoms with Crippen LogP contribution in [0.5, 0.6) is 0 Å². The lowest BCUT2D eigenvalue weighted by Gasteiger charge is -2.08. The third-order valence-corrected chi connectivity index (χ3v) is 4.19. The second-order valence-corrected chi connectivity index (χ2v) is 6.78. The Labute approximate surface area is 165 Å². The van der Waals surface area contributed by atoms with Crippen molar-refractivity contribution in [3.63, 3.8) is 0 Å². The number of rotatable bonds is 17. The van der Waals surface area contributed by atoms with Crippen LogP contribution in [0.1, 0.15) is 90.9 Å². The number of carboxylic acid groups (broad SMARTS) is 1. The van der Waals surface area contributed by atoms with E-state index >= 15 is 0 Å². The standard InChI is InChI=1S/C23H38O4/c1-3-4-5-6-7-8-9-10-11-12-13-14-15-16-17-18-19-20-22(24)27-21(2)23(25)26/h4-5,7-8,10-11,21H,3,6,9,12-20H2,1-2H3,(H,25,26)/b5-4-,8-7-,11-10-. The highest BCUT2D eigenvalue weighted by atomic mass is 16.6. The fourth-order valence-electron chi connectivity index (χ4n) is 2.55. The monoisotopic (exact) mass is 378 g/mol. The summed E-state index contributed by atoms with van der Waals surface area (Å²) in [6.45, 7) is 3.52. The lowest BCUT2D eigenvalue weighted by Crippen LogP contribution is -2.23. The fourth-order valence-corrected chi connectivity index (χ4v) is 2.55. The maximum Gasteiger partial charge on any atom is 0.344 e. The van der Waals surface area contributed by atoms with E-state index in [1.54, 1.807) is 0 Å². The van der Waals surface area contributed by atoms with Crippen LogP contribution in [0.2, 0.25) is 0 Å². The Morgan fingerprint density at radius 2 is 1.33 bits per heavy atom. The predicted octanol–water partition coefficient (Wildman–Crippen LogP) is 6.37. The van der Waals surface area contributed by atoms with Gasteiger partial charge in [-0.15, -0.1) is 0 Å². The molecule has 0 aromatic carbocycles. The van der Waals surface area contributed by atoms with Gasteiger partial charge in [-0.05, 0) is 45.4 Å². The number of hydrogen-bond donors (Lipinski definition) is 1. The van der Waals surface area contributed by atoms with Gasteiger partial charge in [0.15, 0.2) is 6.10 Å². The van der Waals surface area contributed by atoms with Crippen LogP contribution in [0.3, 0.4) is 0 Å². The molecule has 0 aliphatic rings. The van der Waals surface area contributed by atoms with Gasteiger partial charge in [0.1, 0.15) is 0 Å². The van der Waals surface area contributed by atoms with Gasteiger partial charge in [-0.2, -0.15) is 0 Å². The van der Waals surface area contributed by atoms with Crippen molar-refractivity contribution in [1.29, 1.82) is 0 Å². The Balaban J connectivity index is 3.35. The van der Waals surface area contributed by atoms with Crippen molar-refractivity contribution in [3.05, 3.63) is 36.5 Å². The summed E-state index contributed by atoms with van der Waals surface area (Å²) in [6.07, 6.45) is 24.7. The first-order chi connectivity index (χ1) is 13.1. The third kappa shape index (κ3) is 18.7. The van der Waals surface area contributed by atoms with Gasteiger partial charge in [0.05, 0.1) is 0 Å². The van der Waals surface area contributed by atoms with Gasteiger partial charge in [-0.1, -0.05) is 75.5 Å². The number of unbranched alkanes of at least 4 members (excludes halogenated alkanes) is 7. The highest BCUT2D eigenvalue weighted by molar-refractivity contribution is 5.77. The van der Waals surface area contributed by atoms with E-state index < -0.39 is 18.0 Å². The van der Waals surface area contributed by atoms with Gasteiger partial charge in [0.2, 0.25) is 0 Å². The van der Waals surface area contributed by atoms with Gasteiger partial charge in [-0.3, -0.25) is 4.79 Å². The molecule has 4 heteroatoms. The van der Waals surface area contributed by atoms with Crippen molar-refractivity contribution >= 4 is 11.9 Å². The maximum absolute atomic E-state index is 11.4. The molecular weight excluding hydrogens is 340 g/mol. The van der Waals surface area contributed by atoms with Gasteiger partial charge in [0, 0.05) is 6.42 Å². The molecule has 27 heavy (non-hydrogen) atoms. The molecule has 0 radical (unpaired) electrons. The molecule has 0 aliphatic heterocycles. The van der Waals surface area contributed by atoms with E-state index in [1.807, 2.05) is 0 Å². The molecule has 0 heterocycles. The SMILES string of the molecule is CC/C=C\C/C=C\C/C=C\CCCCCCCCCC(=O)OC(C)C(=O)O. The van der Waals surface area contributed by atoms with Crippen molar-refractivity contribution in [2.45, 2.75) is 97.0 Å². The molecule has 0 saturated heterocycles. The number of carbonyl (C=O) groups is 2. The minimum Gasteiger partial charge on any atom is -0.479 e. The second kappa shape index (κ2) is 18.9. The third-order valence-electron chi connectivity index (χ3n) is 4.19. The maximum atomic E-state index is 11.4. The Morgan fingerprint density at radius 3 is 1.93 bits per heavy atom. The average Bonchev–Trinajstić information content (AvgIpc) is 2.64. The largest absolute Gasteiger partial charge is 0.479 e. The van der Waals surface area contributed by atoms with Gasteiger partial charge in [-0.25, -0.2) is 4.79 Å². The molecule has 0 spiro atoms. The summed E-state index contributed by atoms with van der Waals surface area (Å²) in [5.41, 5.74) is 0. The molecule has 0 bridgehead atoms. The molecule has 154 valence electrons. The minimum atomic E-state index is -1.10. The quantitative estimate of drug-likeness (QED) is 0.181. The molecule has 0 amide bonds. The van der Waals surface area contributed by atoms with Crippen LogP contribution in [0.15, 0.2) is 36.5 Å². The molecule has 0 aromatic heterocycles. The zero-order chi connectivity index (χ0) is 20.2. The normalized spacial score (nSPS) is 13.0. The second-order valence-electron chi connectivity index (χ2n) is 6.78. The lowest BCUT2D eigenvalue weighted by atomic mass is 10.1. The van der Waals surface area contributed by atoms with E-state index in [9.17, 15) is 9.59 Å². The van der Waals surface area contributed by atoms with Crippen LogP contribution in [-0.2, 0) is 14.3 Å². The molecule has 1 N–H and O–H groups in total. The number of aliphatic carboxylic acids is 1. The first kappa shape index (κ1) is 25.2. The summed E-state index contributed by atoms with van der Waals surface area (Å²) >= 11 is 0. The zero-order valence-electron chi connectivity index (χ0n) is 17.2. The Hall–Kier alpha value is -1.84. The highest BCUT2D eigenvalue weighted by Gasteiger charge is 2.15. The van der Waals surface area contributed by atoms with Gasteiger partial charge in [0.25, 0.3) is 0 Å². The zero-order valence-corrected chi connectivity index (χ0v) is 17.2. The van der Waals surface area contributed by atoms with Crippen LogP contribution in [0.25, 0.3) is 0 Å². The van der Waals surface area contributed by atoms with Gasteiger partial charge < -0.3 is 9.84 Å². The number of esters is 1. The van der Waals surface area contributed by atoms with E-state index in [0.29, 0.717) is 6.42 Å². The van der Waals surface area contributed by atoms with Crippen molar-refractivity contribution in [2.24, 2.45) is 0 Å². The van der Waals surface area contributed by atoms with E-state index in [0.717, 1.165) is 44.9 Å². The number of ether oxygens (including phenoxy) is 1. The number of allylic oxidation sites excluding steroid dienone is 6. The summed E-state index contributed by atoms with van der Waals surface area (Å²) in [5.74, 6) is -1.52. The summed E-state index contributed by atoms with van der Waals surface area (Å²) in [6, 6.07) is 0. The van der Waals surface area contributed by atoms with Crippen LogP contribution < -0.4 is 0 Å². The summed E-state index contributed by atoms with van der Waals surface area (Å²) in [5, 5.41) is 8.66. The van der Waals surface area contributed by atoms with Crippen LogP contribution in [0, 0.1) is 0 Å². The Bertz CT molecular complexity index is 463. The predicted molar refractivity (Wildman–Crippen MR) is 112 cm³/mol. The molecule has 0 fully saturated rings.